The topological polar surface area (TPSA) is 64.4 Å². The van der Waals surface area contributed by atoms with Crippen molar-refractivity contribution in [3.63, 3.8) is 0 Å². The van der Waals surface area contributed by atoms with Crippen LogP contribution in [0.2, 0.25) is 0 Å². The van der Waals surface area contributed by atoms with E-state index >= 15 is 0 Å². The van der Waals surface area contributed by atoms with Crippen LogP contribution in [0.4, 0.5) is 0 Å². The zero-order chi connectivity index (χ0) is 17.3. The monoisotopic (exact) mass is 329 g/mol. The molecule has 1 aromatic carbocycles. The molecule has 0 unspecified atom stereocenters. The molecule has 6 nitrogen and oxygen atoms in total. The molecule has 0 N–H and O–H groups in total. The zero-order valence-electron chi connectivity index (χ0n) is 14.4. The van der Waals surface area contributed by atoms with Gasteiger partial charge in [-0.15, -0.1) is 0 Å². The van der Waals surface area contributed by atoms with Crippen molar-refractivity contribution in [3.05, 3.63) is 40.4 Å². The summed E-state index contributed by atoms with van der Waals surface area (Å²) >= 11 is 0. The Kier molecular flexibility index (Phi) is 4.66. The lowest BCUT2D eigenvalue weighted by Gasteiger charge is -2.35. The number of hydrogen-bond donors (Lipinski definition) is 0. The molecule has 0 saturated carbocycles. The molecule has 0 radical (unpaired) electrons. The fourth-order valence-electron chi connectivity index (χ4n) is 3.25. The average molecular weight is 329 g/mol. The minimum atomic E-state index is -0.0970. The van der Waals surface area contributed by atoms with Crippen molar-refractivity contribution in [1.82, 2.24) is 14.5 Å². The highest BCUT2D eigenvalue weighted by molar-refractivity contribution is 5.80. The van der Waals surface area contributed by atoms with E-state index in [2.05, 4.69) is 4.98 Å². The van der Waals surface area contributed by atoms with Gasteiger partial charge in [-0.05, 0) is 32.4 Å². The van der Waals surface area contributed by atoms with E-state index in [1.165, 1.54) is 10.9 Å². The molecule has 0 aliphatic carbocycles. The number of carbonyl (C=O) groups is 1. The van der Waals surface area contributed by atoms with Gasteiger partial charge in [0, 0.05) is 26.1 Å². The highest BCUT2D eigenvalue weighted by Crippen LogP contribution is 2.13. The second kappa shape index (κ2) is 6.73. The molecule has 128 valence electrons. The number of rotatable bonds is 3. The summed E-state index contributed by atoms with van der Waals surface area (Å²) in [6.45, 7) is 7.42. The molecule has 2 atom stereocenters. The number of aryl methyl sites for hydroxylation is 2. The molecule has 1 aliphatic rings. The van der Waals surface area contributed by atoms with Crippen molar-refractivity contribution in [2.45, 2.75) is 45.9 Å². The molecule has 1 aromatic heterocycles. The van der Waals surface area contributed by atoms with E-state index in [4.69, 9.17) is 4.74 Å². The number of ether oxygens (including phenoxy) is 1. The van der Waals surface area contributed by atoms with Gasteiger partial charge in [-0.3, -0.25) is 14.2 Å². The standard InChI is InChI=1S/C18H23N3O3/c1-12-5-4-6-15-17(12)19-11-20(18(15)23)8-7-16(22)21-9-13(2)24-14(3)10-21/h4-6,11,13-14H,7-10H2,1-3H3/t13-,14+. The van der Waals surface area contributed by atoms with E-state index < -0.39 is 0 Å². The van der Waals surface area contributed by atoms with Crippen LogP contribution in [0.25, 0.3) is 10.9 Å². The number of amides is 1. The van der Waals surface area contributed by atoms with Crippen LogP contribution in [0.5, 0.6) is 0 Å². The summed E-state index contributed by atoms with van der Waals surface area (Å²) < 4.78 is 7.17. The number of para-hydroxylation sites is 1. The van der Waals surface area contributed by atoms with Crippen LogP contribution < -0.4 is 5.56 Å². The first-order valence-corrected chi connectivity index (χ1v) is 8.33. The maximum Gasteiger partial charge on any atom is 0.261 e. The Morgan fingerprint density at radius 3 is 2.71 bits per heavy atom. The first-order valence-electron chi connectivity index (χ1n) is 8.33. The third-order valence-corrected chi connectivity index (χ3v) is 4.39. The summed E-state index contributed by atoms with van der Waals surface area (Å²) in [6, 6.07) is 5.57. The highest BCUT2D eigenvalue weighted by Gasteiger charge is 2.25. The van der Waals surface area contributed by atoms with Gasteiger partial charge < -0.3 is 9.64 Å². The molecule has 2 aromatic rings. The second-order valence-electron chi connectivity index (χ2n) is 6.52. The second-order valence-corrected chi connectivity index (χ2v) is 6.52. The van der Waals surface area contributed by atoms with Gasteiger partial charge in [0.1, 0.15) is 0 Å². The summed E-state index contributed by atoms with van der Waals surface area (Å²) in [5.74, 6) is 0.0493. The summed E-state index contributed by atoms with van der Waals surface area (Å²) in [5, 5.41) is 0.596. The van der Waals surface area contributed by atoms with Crippen LogP contribution in [-0.4, -0.2) is 45.7 Å². The van der Waals surface area contributed by atoms with Crippen molar-refractivity contribution in [2.24, 2.45) is 0 Å². The molecule has 1 saturated heterocycles. The fourth-order valence-corrected chi connectivity index (χ4v) is 3.25. The number of aromatic nitrogens is 2. The van der Waals surface area contributed by atoms with Crippen LogP contribution in [0.1, 0.15) is 25.8 Å². The van der Waals surface area contributed by atoms with Gasteiger partial charge in [0.15, 0.2) is 0 Å². The molecule has 0 spiro atoms. The van der Waals surface area contributed by atoms with Gasteiger partial charge in [-0.2, -0.15) is 0 Å². The number of carbonyl (C=O) groups excluding carboxylic acids is 1. The first kappa shape index (κ1) is 16.6. The van der Waals surface area contributed by atoms with Gasteiger partial charge >= 0.3 is 0 Å². The number of hydrogen-bond acceptors (Lipinski definition) is 4. The summed E-state index contributed by atoms with van der Waals surface area (Å²) in [4.78, 5) is 31.2. The van der Waals surface area contributed by atoms with Gasteiger partial charge in [0.2, 0.25) is 5.91 Å². The van der Waals surface area contributed by atoms with Crippen LogP contribution in [-0.2, 0) is 16.1 Å². The minimum Gasteiger partial charge on any atom is -0.372 e. The molecule has 1 amide bonds. The third-order valence-electron chi connectivity index (χ3n) is 4.39. The van der Waals surface area contributed by atoms with Crippen LogP contribution in [0.15, 0.2) is 29.3 Å². The smallest absolute Gasteiger partial charge is 0.261 e. The molecule has 1 fully saturated rings. The van der Waals surface area contributed by atoms with Crippen molar-refractivity contribution in [3.8, 4) is 0 Å². The number of fused-ring (bicyclic) bond motifs is 1. The molecular formula is C18H23N3O3. The summed E-state index contributed by atoms with van der Waals surface area (Å²) in [7, 11) is 0. The van der Waals surface area contributed by atoms with E-state index in [9.17, 15) is 9.59 Å². The van der Waals surface area contributed by atoms with Crippen LogP contribution in [0, 0.1) is 6.92 Å². The Balaban J connectivity index is 1.73. The highest BCUT2D eigenvalue weighted by atomic mass is 16.5. The van der Waals surface area contributed by atoms with Gasteiger partial charge in [-0.25, -0.2) is 4.98 Å². The maximum absolute atomic E-state index is 12.6. The first-order chi connectivity index (χ1) is 11.5. The van der Waals surface area contributed by atoms with Crippen LogP contribution in [0.3, 0.4) is 0 Å². The van der Waals surface area contributed by atoms with Crippen LogP contribution >= 0.6 is 0 Å². The molecule has 24 heavy (non-hydrogen) atoms. The van der Waals surface area contributed by atoms with Crippen molar-refractivity contribution in [2.75, 3.05) is 13.1 Å². The Morgan fingerprint density at radius 1 is 1.29 bits per heavy atom. The van der Waals surface area contributed by atoms with Crippen molar-refractivity contribution in [1.29, 1.82) is 0 Å². The molecule has 3 rings (SSSR count). The number of benzene rings is 1. The normalized spacial score (nSPS) is 21.2. The Hall–Kier alpha value is -2.21. The molecule has 2 heterocycles. The van der Waals surface area contributed by atoms with E-state index in [1.807, 2.05) is 37.8 Å². The molecule has 0 bridgehead atoms. The Bertz CT molecular complexity index is 805. The van der Waals surface area contributed by atoms with E-state index in [1.54, 1.807) is 6.07 Å². The molecule has 6 heteroatoms. The Morgan fingerprint density at radius 2 is 2.00 bits per heavy atom. The van der Waals surface area contributed by atoms with Crippen molar-refractivity contribution >= 4 is 16.8 Å². The lowest BCUT2D eigenvalue weighted by molar-refractivity contribution is -0.143. The minimum absolute atomic E-state index is 0.0470. The lowest BCUT2D eigenvalue weighted by atomic mass is 10.1. The van der Waals surface area contributed by atoms with E-state index in [0.717, 1.165) is 11.1 Å². The average Bonchev–Trinajstić information content (AvgIpc) is 2.54. The maximum atomic E-state index is 12.6. The fraction of sp³-hybridized carbons (Fsp3) is 0.500. The molecule has 1 aliphatic heterocycles. The lowest BCUT2D eigenvalue weighted by Crippen LogP contribution is -2.48. The summed E-state index contributed by atoms with van der Waals surface area (Å²) in [6.07, 6.45) is 1.92. The molecular weight excluding hydrogens is 306 g/mol. The van der Waals surface area contributed by atoms with Gasteiger partial charge in [0.25, 0.3) is 5.56 Å². The predicted molar refractivity (Wildman–Crippen MR) is 91.9 cm³/mol. The van der Waals surface area contributed by atoms with Gasteiger partial charge in [0.05, 0.1) is 29.4 Å². The number of nitrogens with zero attached hydrogens (tertiary/aromatic N) is 3. The predicted octanol–water partition coefficient (Wildman–Crippen LogP) is 1.73. The van der Waals surface area contributed by atoms with Gasteiger partial charge in [-0.1, -0.05) is 12.1 Å². The number of morpholine rings is 1. The van der Waals surface area contributed by atoms with E-state index in [-0.39, 0.29) is 23.7 Å². The quantitative estimate of drug-likeness (QED) is 0.860. The summed E-state index contributed by atoms with van der Waals surface area (Å²) in [5.41, 5.74) is 1.60. The van der Waals surface area contributed by atoms with E-state index in [0.29, 0.717) is 31.4 Å². The third kappa shape index (κ3) is 3.33. The largest absolute Gasteiger partial charge is 0.372 e. The zero-order valence-corrected chi connectivity index (χ0v) is 14.4. The Labute approximate surface area is 141 Å². The van der Waals surface area contributed by atoms with Crippen molar-refractivity contribution < 1.29 is 9.53 Å². The SMILES string of the molecule is Cc1cccc2c(=O)n(CCC(=O)N3C[C@@H](C)O[C@@H](C)C3)cnc12.